The van der Waals surface area contributed by atoms with Crippen molar-refractivity contribution in [2.45, 2.75) is 13.8 Å². The van der Waals surface area contributed by atoms with Crippen LogP contribution in [-0.4, -0.2) is 10.2 Å². The lowest BCUT2D eigenvalue weighted by molar-refractivity contribution is 0.471. The van der Waals surface area contributed by atoms with Gasteiger partial charge in [0.2, 0.25) is 0 Å². The molecule has 0 fully saturated rings. The molecule has 0 heterocycles. The quantitative estimate of drug-likeness (QED) is 0.764. The Morgan fingerprint density at radius 3 is 1.94 bits per heavy atom. The van der Waals surface area contributed by atoms with Crippen LogP contribution >= 0.6 is 0 Å². The van der Waals surface area contributed by atoms with Crippen LogP contribution in [0.2, 0.25) is 0 Å². The highest BCUT2D eigenvalue weighted by Gasteiger charge is 2.03. The van der Waals surface area contributed by atoms with Crippen LogP contribution in [0.25, 0.3) is 11.1 Å². The van der Waals surface area contributed by atoms with Crippen molar-refractivity contribution < 1.29 is 10.2 Å². The van der Waals surface area contributed by atoms with Gasteiger partial charge >= 0.3 is 0 Å². The van der Waals surface area contributed by atoms with Crippen molar-refractivity contribution in [2.75, 3.05) is 0 Å². The molecule has 0 unspecified atom stereocenters. The molecule has 2 aromatic rings. The van der Waals surface area contributed by atoms with Crippen LogP contribution in [-0.2, 0) is 0 Å². The Morgan fingerprint density at radius 2 is 1.31 bits per heavy atom. The topological polar surface area (TPSA) is 40.5 Å². The van der Waals surface area contributed by atoms with Gasteiger partial charge < -0.3 is 10.2 Å². The summed E-state index contributed by atoms with van der Waals surface area (Å²) in [5.41, 5.74) is 3.63. The third-order valence-corrected chi connectivity index (χ3v) is 2.74. The van der Waals surface area contributed by atoms with Gasteiger partial charge in [0.15, 0.2) is 0 Å². The molecular formula is C14H14O2. The average molecular weight is 214 g/mol. The van der Waals surface area contributed by atoms with Gasteiger partial charge in [-0.1, -0.05) is 18.2 Å². The Balaban J connectivity index is 2.50. The molecule has 2 aromatic carbocycles. The van der Waals surface area contributed by atoms with E-state index in [2.05, 4.69) is 0 Å². The number of aromatic hydroxyl groups is 2. The van der Waals surface area contributed by atoms with Gasteiger partial charge in [-0.05, 0) is 54.3 Å². The SMILES string of the molecule is Cc1cc(-c2ccc(C)c(O)c2)ccc1O. The van der Waals surface area contributed by atoms with Crippen molar-refractivity contribution in [3.63, 3.8) is 0 Å². The number of rotatable bonds is 1. The van der Waals surface area contributed by atoms with E-state index in [1.165, 1.54) is 0 Å². The highest BCUT2D eigenvalue weighted by Crippen LogP contribution is 2.28. The van der Waals surface area contributed by atoms with E-state index >= 15 is 0 Å². The lowest BCUT2D eigenvalue weighted by Gasteiger charge is -2.06. The molecule has 16 heavy (non-hydrogen) atoms. The van der Waals surface area contributed by atoms with E-state index in [9.17, 15) is 10.2 Å². The van der Waals surface area contributed by atoms with Crippen molar-refractivity contribution in [3.8, 4) is 22.6 Å². The normalized spacial score (nSPS) is 10.4. The largest absolute Gasteiger partial charge is 0.508 e. The van der Waals surface area contributed by atoms with Crippen molar-refractivity contribution >= 4 is 0 Å². The zero-order valence-corrected chi connectivity index (χ0v) is 9.36. The van der Waals surface area contributed by atoms with Gasteiger partial charge in [0.25, 0.3) is 0 Å². The minimum Gasteiger partial charge on any atom is -0.508 e. The maximum absolute atomic E-state index is 9.64. The first-order valence-corrected chi connectivity index (χ1v) is 5.17. The number of hydrogen-bond acceptors (Lipinski definition) is 2. The Hall–Kier alpha value is -1.96. The predicted molar refractivity (Wildman–Crippen MR) is 64.7 cm³/mol. The van der Waals surface area contributed by atoms with E-state index in [4.69, 9.17) is 0 Å². The first-order valence-electron chi connectivity index (χ1n) is 5.17. The zero-order valence-electron chi connectivity index (χ0n) is 9.36. The van der Waals surface area contributed by atoms with E-state index in [1.54, 1.807) is 12.1 Å². The second kappa shape index (κ2) is 3.89. The fourth-order valence-corrected chi connectivity index (χ4v) is 1.62. The molecule has 2 N–H and O–H groups in total. The summed E-state index contributed by atoms with van der Waals surface area (Å²) >= 11 is 0. The molecule has 0 saturated heterocycles. The van der Waals surface area contributed by atoms with E-state index in [0.717, 1.165) is 22.3 Å². The molecule has 0 saturated carbocycles. The van der Waals surface area contributed by atoms with Crippen LogP contribution in [0.5, 0.6) is 11.5 Å². The first-order chi connectivity index (χ1) is 7.58. The number of phenolic OH excluding ortho intramolecular Hbond substituents is 2. The van der Waals surface area contributed by atoms with Crippen LogP contribution in [0.1, 0.15) is 11.1 Å². The fraction of sp³-hybridized carbons (Fsp3) is 0.143. The van der Waals surface area contributed by atoms with Crippen molar-refractivity contribution in [3.05, 3.63) is 47.5 Å². The second-order valence-corrected chi connectivity index (χ2v) is 4.00. The molecule has 0 aromatic heterocycles. The van der Waals surface area contributed by atoms with E-state index in [-0.39, 0.29) is 0 Å². The number of benzene rings is 2. The lowest BCUT2D eigenvalue weighted by atomic mass is 10.0. The Bertz CT molecular complexity index is 481. The molecule has 0 spiro atoms. The Morgan fingerprint density at radius 1 is 0.688 bits per heavy atom. The molecule has 2 heteroatoms. The van der Waals surface area contributed by atoms with Gasteiger partial charge in [-0.15, -0.1) is 0 Å². The molecule has 0 bridgehead atoms. The summed E-state index contributed by atoms with van der Waals surface area (Å²) in [6, 6.07) is 11.0. The minimum atomic E-state index is 0.292. The zero-order chi connectivity index (χ0) is 11.7. The van der Waals surface area contributed by atoms with Crippen LogP contribution in [0, 0.1) is 13.8 Å². The Kier molecular flexibility index (Phi) is 2.57. The van der Waals surface area contributed by atoms with Crippen LogP contribution < -0.4 is 0 Å². The van der Waals surface area contributed by atoms with Gasteiger partial charge in [0, 0.05) is 0 Å². The fourth-order valence-electron chi connectivity index (χ4n) is 1.62. The molecule has 0 radical (unpaired) electrons. The number of phenols is 2. The molecule has 2 nitrogen and oxygen atoms in total. The molecule has 0 aliphatic heterocycles. The summed E-state index contributed by atoms with van der Waals surface area (Å²) in [4.78, 5) is 0. The van der Waals surface area contributed by atoms with Crippen molar-refractivity contribution in [1.29, 1.82) is 0 Å². The summed E-state index contributed by atoms with van der Waals surface area (Å²) in [7, 11) is 0. The lowest BCUT2D eigenvalue weighted by Crippen LogP contribution is -1.82. The van der Waals surface area contributed by atoms with Gasteiger partial charge in [-0.3, -0.25) is 0 Å². The minimum absolute atomic E-state index is 0.292. The summed E-state index contributed by atoms with van der Waals surface area (Å²) < 4.78 is 0. The Labute approximate surface area is 94.8 Å². The third kappa shape index (κ3) is 1.87. The molecule has 0 atom stereocenters. The summed E-state index contributed by atoms with van der Waals surface area (Å²) in [6.07, 6.45) is 0. The van der Waals surface area contributed by atoms with Crippen LogP contribution in [0.3, 0.4) is 0 Å². The average Bonchev–Trinajstić information content (AvgIpc) is 2.26. The first kappa shape index (κ1) is 10.6. The molecule has 2 rings (SSSR count). The molecule has 0 amide bonds. The molecule has 82 valence electrons. The summed E-state index contributed by atoms with van der Waals surface area (Å²) in [5.74, 6) is 0.586. The highest BCUT2D eigenvalue weighted by atomic mass is 16.3. The van der Waals surface area contributed by atoms with Crippen LogP contribution in [0.4, 0.5) is 0 Å². The van der Waals surface area contributed by atoms with Gasteiger partial charge in [0.05, 0.1) is 0 Å². The maximum atomic E-state index is 9.64. The van der Waals surface area contributed by atoms with E-state index < -0.39 is 0 Å². The smallest absolute Gasteiger partial charge is 0.119 e. The van der Waals surface area contributed by atoms with E-state index in [0.29, 0.717) is 11.5 Å². The molecule has 0 aliphatic rings. The van der Waals surface area contributed by atoms with E-state index in [1.807, 2.05) is 38.1 Å². The summed E-state index contributed by atoms with van der Waals surface area (Å²) in [6.45, 7) is 3.72. The molecule has 0 aliphatic carbocycles. The monoisotopic (exact) mass is 214 g/mol. The van der Waals surface area contributed by atoms with Gasteiger partial charge in [-0.2, -0.15) is 0 Å². The number of aryl methyl sites for hydroxylation is 2. The third-order valence-electron chi connectivity index (χ3n) is 2.74. The van der Waals surface area contributed by atoms with Gasteiger partial charge in [-0.25, -0.2) is 0 Å². The predicted octanol–water partition coefficient (Wildman–Crippen LogP) is 3.38. The highest BCUT2D eigenvalue weighted by molar-refractivity contribution is 5.67. The van der Waals surface area contributed by atoms with Crippen LogP contribution in [0.15, 0.2) is 36.4 Å². The summed E-state index contributed by atoms with van der Waals surface area (Å²) in [5, 5.41) is 19.1. The number of hydrogen-bond donors (Lipinski definition) is 2. The molecular weight excluding hydrogens is 200 g/mol. The standard InChI is InChI=1S/C14H14O2/c1-9-3-4-12(8-14(9)16)11-5-6-13(15)10(2)7-11/h3-8,15-16H,1-2H3. The maximum Gasteiger partial charge on any atom is 0.119 e. The van der Waals surface area contributed by atoms with Crippen molar-refractivity contribution in [1.82, 2.24) is 0 Å². The van der Waals surface area contributed by atoms with Gasteiger partial charge in [0.1, 0.15) is 11.5 Å². The second-order valence-electron chi connectivity index (χ2n) is 4.00. The van der Waals surface area contributed by atoms with Crippen molar-refractivity contribution in [2.24, 2.45) is 0 Å².